The van der Waals surface area contributed by atoms with Gasteiger partial charge in [0.2, 0.25) is 0 Å². The van der Waals surface area contributed by atoms with Crippen LogP contribution >= 0.6 is 11.6 Å². The van der Waals surface area contributed by atoms with Crippen LogP contribution in [0.2, 0.25) is 5.22 Å². The van der Waals surface area contributed by atoms with Crippen LogP contribution in [0.3, 0.4) is 0 Å². The van der Waals surface area contributed by atoms with E-state index in [1.807, 2.05) is 51.2 Å². The molecular formula is C15H18ClNO2. The Morgan fingerprint density at radius 2 is 1.79 bits per heavy atom. The first-order valence-electron chi connectivity index (χ1n) is 6.29. The molecule has 2 rings (SSSR count). The number of rotatable bonds is 5. The average molecular weight is 280 g/mol. The van der Waals surface area contributed by atoms with Crippen molar-refractivity contribution in [1.29, 1.82) is 0 Å². The van der Waals surface area contributed by atoms with Gasteiger partial charge in [0, 0.05) is 0 Å². The summed E-state index contributed by atoms with van der Waals surface area (Å²) < 4.78 is 11.1. The van der Waals surface area contributed by atoms with Gasteiger partial charge in [-0.25, -0.2) is 0 Å². The van der Waals surface area contributed by atoms with Gasteiger partial charge in [-0.2, -0.15) is 0 Å². The number of hydrogen-bond donors (Lipinski definition) is 1. The molecule has 4 heteroatoms. The molecule has 102 valence electrons. The monoisotopic (exact) mass is 279 g/mol. The summed E-state index contributed by atoms with van der Waals surface area (Å²) in [7, 11) is 1.89. The molecule has 0 spiro atoms. The van der Waals surface area contributed by atoms with Gasteiger partial charge in [-0.05, 0) is 62.3 Å². The first-order chi connectivity index (χ1) is 9.10. The van der Waals surface area contributed by atoms with Crippen molar-refractivity contribution in [2.24, 2.45) is 0 Å². The second kappa shape index (κ2) is 6.13. The van der Waals surface area contributed by atoms with E-state index in [0.29, 0.717) is 5.22 Å². The molecule has 0 radical (unpaired) electrons. The zero-order valence-corrected chi connectivity index (χ0v) is 12.1. The maximum Gasteiger partial charge on any atom is 0.193 e. The lowest BCUT2D eigenvalue weighted by Crippen LogP contribution is -2.17. The van der Waals surface area contributed by atoms with Gasteiger partial charge in [-0.15, -0.1) is 0 Å². The Labute approximate surface area is 118 Å². The Hall–Kier alpha value is -1.45. The molecule has 2 aromatic rings. The van der Waals surface area contributed by atoms with E-state index in [0.717, 1.165) is 17.1 Å². The first-order valence-corrected chi connectivity index (χ1v) is 6.67. The molecule has 0 fully saturated rings. The zero-order chi connectivity index (χ0) is 13.8. The quantitative estimate of drug-likeness (QED) is 0.897. The first kappa shape index (κ1) is 14.0. The van der Waals surface area contributed by atoms with Gasteiger partial charge >= 0.3 is 0 Å². The lowest BCUT2D eigenvalue weighted by Gasteiger charge is -2.15. The van der Waals surface area contributed by atoms with E-state index in [9.17, 15) is 0 Å². The Morgan fingerprint density at radius 3 is 2.26 bits per heavy atom. The summed E-state index contributed by atoms with van der Waals surface area (Å²) in [6, 6.07) is 11.6. The largest absolute Gasteiger partial charge is 0.491 e. The summed E-state index contributed by atoms with van der Waals surface area (Å²) in [5, 5.41) is 3.61. The molecule has 1 unspecified atom stereocenters. The molecule has 1 N–H and O–H groups in total. The van der Waals surface area contributed by atoms with E-state index in [-0.39, 0.29) is 12.1 Å². The lowest BCUT2D eigenvalue weighted by molar-refractivity contribution is 0.242. The summed E-state index contributed by atoms with van der Waals surface area (Å²) in [6.07, 6.45) is 0.176. The molecule has 0 aliphatic carbocycles. The molecule has 0 amide bonds. The van der Waals surface area contributed by atoms with Crippen molar-refractivity contribution in [2.45, 2.75) is 26.0 Å². The van der Waals surface area contributed by atoms with Crippen LogP contribution in [0.15, 0.2) is 40.8 Å². The summed E-state index contributed by atoms with van der Waals surface area (Å²) >= 11 is 5.82. The van der Waals surface area contributed by atoms with E-state index < -0.39 is 0 Å². The van der Waals surface area contributed by atoms with Crippen LogP contribution < -0.4 is 10.1 Å². The second-order valence-corrected chi connectivity index (χ2v) is 4.97. The molecule has 0 aliphatic heterocycles. The normalized spacial score (nSPS) is 12.7. The third kappa shape index (κ3) is 3.52. The molecule has 1 heterocycles. The van der Waals surface area contributed by atoms with E-state index >= 15 is 0 Å². The summed E-state index contributed by atoms with van der Waals surface area (Å²) in [4.78, 5) is 0. The molecule has 3 nitrogen and oxygen atoms in total. The third-order valence-corrected chi connectivity index (χ3v) is 2.96. The molecule has 19 heavy (non-hydrogen) atoms. The second-order valence-electron chi connectivity index (χ2n) is 4.60. The minimum Gasteiger partial charge on any atom is -0.491 e. The van der Waals surface area contributed by atoms with Gasteiger partial charge in [0.15, 0.2) is 5.22 Å². The van der Waals surface area contributed by atoms with Crippen LogP contribution in [0, 0.1) is 0 Å². The minimum atomic E-state index is -0.0133. The molecule has 1 aromatic heterocycles. The van der Waals surface area contributed by atoms with Crippen molar-refractivity contribution in [3.63, 3.8) is 0 Å². The summed E-state index contributed by atoms with van der Waals surface area (Å²) in [5.41, 5.74) is 1.10. The van der Waals surface area contributed by atoms with E-state index in [1.165, 1.54) is 0 Å². The summed E-state index contributed by atoms with van der Waals surface area (Å²) in [5.74, 6) is 1.66. The van der Waals surface area contributed by atoms with E-state index in [2.05, 4.69) is 5.32 Å². The number of nitrogens with one attached hydrogen (secondary N) is 1. The molecule has 1 aromatic carbocycles. The van der Waals surface area contributed by atoms with Crippen LogP contribution in [-0.4, -0.2) is 13.2 Å². The van der Waals surface area contributed by atoms with Gasteiger partial charge in [0.1, 0.15) is 11.5 Å². The Balaban J connectivity index is 2.19. The van der Waals surface area contributed by atoms with Gasteiger partial charge in [-0.1, -0.05) is 12.1 Å². The highest BCUT2D eigenvalue weighted by Gasteiger charge is 2.15. The van der Waals surface area contributed by atoms with Crippen molar-refractivity contribution in [1.82, 2.24) is 5.32 Å². The molecule has 1 atom stereocenters. The Bertz CT molecular complexity index is 519. The maximum atomic E-state index is 5.82. The highest BCUT2D eigenvalue weighted by Crippen LogP contribution is 2.27. The number of furan rings is 1. The number of ether oxygens (including phenoxy) is 1. The van der Waals surface area contributed by atoms with Gasteiger partial charge < -0.3 is 14.5 Å². The van der Waals surface area contributed by atoms with Crippen LogP contribution in [-0.2, 0) is 0 Å². The Kier molecular flexibility index (Phi) is 4.51. The van der Waals surface area contributed by atoms with Crippen molar-refractivity contribution in [3.05, 3.63) is 52.9 Å². The smallest absolute Gasteiger partial charge is 0.193 e. The molecular weight excluding hydrogens is 262 g/mol. The average Bonchev–Trinajstić information content (AvgIpc) is 2.78. The SMILES string of the molecule is CNC(c1ccc(OC(C)C)cc1)c1ccc(Cl)o1. The molecule has 0 bridgehead atoms. The van der Waals surface area contributed by atoms with Crippen molar-refractivity contribution in [3.8, 4) is 5.75 Å². The maximum absolute atomic E-state index is 5.82. The van der Waals surface area contributed by atoms with Gasteiger partial charge in [0.25, 0.3) is 0 Å². The lowest BCUT2D eigenvalue weighted by atomic mass is 10.0. The standard InChI is InChI=1S/C15H18ClNO2/c1-10(2)18-12-6-4-11(5-7-12)15(17-3)13-8-9-14(16)19-13/h4-10,15,17H,1-3H3. The fourth-order valence-corrected chi connectivity index (χ4v) is 2.12. The van der Waals surface area contributed by atoms with E-state index in [4.69, 9.17) is 20.8 Å². The van der Waals surface area contributed by atoms with Crippen molar-refractivity contribution in [2.75, 3.05) is 7.05 Å². The highest BCUT2D eigenvalue weighted by atomic mass is 35.5. The van der Waals surface area contributed by atoms with Gasteiger partial charge in [-0.3, -0.25) is 0 Å². The zero-order valence-electron chi connectivity index (χ0n) is 11.3. The van der Waals surface area contributed by atoms with Crippen LogP contribution in [0.1, 0.15) is 31.2 Å². The molecule has 0 aliphatic rings. The van der Waals surface area contributed by atoms with Crippen LogP contribution in [0.5, 0.6) is 5.75 Å². The topological polar surface area (TPSA) is 34.4 Å². The highest BCUT2D eigenvalue weighted by molar-refractivity contribution is 6.28. The summed E-state index contributed by atoms with van der Waals surface area (Å²) in [6.45, 7) is 4.02. The van der Waals surface area contributed by atoms with E-state index in [1.54, 1.807) is 6.07 Å². The fourth-order valence-electron chi connectivity index (χ4n) is 1.97. The Morgan fingerprint density at radius 1 is 1.11 bits per heavy atom. The predicted molar refractivity (Wildman–Crippen MR) is 76.8 cm³/mol. The number of benzene rings is 1. The van der Waals surface area contributed by atoms with Crippen LogP contribution in [0.4, 0.5) is 0 Å². The van der Waals surface area contributed by atoms with Gasteiger partial charge in [0.05, 0.1) is 12.1 Å². The predicted octanol–water partition coefficient (Wildman–Crippen LogP) is 4.03. The van der Waals surface area contributed by atoms with Crippen molar-refractivity contribution >= 4 is 11.6 Å². The third-order valence-electron chi connectivity index (χ3n) is 2.75. The number of hydrogen-bond acceptors (Lipinski definition) is 3. The van der Waals surface area contributed by atoms with Crippen molar-refractivity contribution < 1.29 is 9.15 Å². The fraction of sp³-hybridized carbons (Fsp3) is 0.333. The number of halogens is 1. The minimum absolute atomic E-state index is 0.0133. The van der Waals surface area contributed by atoms with Crippen LogP contribution in [0.25, 0.3) is 0 Å². The molecule has 0 saturated carbocycles. The molecule has 0 saturated heterocycles.